The van der Waals surface area contributed by atoms with Gasteiger partial charge in [-0.15, -0.1) is 0 Å². The molecule has 19 heavy (non-hydrogen) atoms. The number of hydrogen-bond donors (Lipinski definition) is 3. The van der Waals surface area contributed by atoms with E-state index >= 15 is 0 Å². The molecule has 0 radical (unpaired) electrons. The molecule has 1 aromatic rings. The number of carbonyl (C=O) groups is 1. The number of urea groups is 1. The quantitative estimate of drug-likeness (QED) is 0.730. The number of nitrogens with zero attached hydrogens (tertiary/aromatic N) is 1. The third kappa shape index (κ3) is 4.84. The number of hydrogen-bond acceptors (Lipinski definition) is 3. The molecule has 0 aliphatic heterocycles. The minimum Gasteiger partial charge on any atom is -0.396 e. The average Bonchev–Trinajstić information content (AvgIpc) is 2.37. The second kappa shape index (κ2) is 7.70. The molecule has 0 unspecified atom stereocenters. The maximum absolute atomic E-state index is 12.9. The van der Waals surface area contributed by atoms with Gasteiger partial charge in [0.25, 0.3) is 0 Å². The van der Waals surface area contributed by atoms with Crippen LogP contribution in [0.5, 0.6) is 0 Å². The van der Waals surface area contributed by atoms with Crippen molar-refractivity contribution in [3.63, 3.8) is 0 Å². The molecule has 0 bridgehead atoms. The molecule has 0 spiro atoms. The van der Waals surface area contributed by atoms with Gasteiger partial charge in [0.2, 0.25) is 0 Å². The molecule has 0 atom stereocenters. The highest BCUT2D eigenvalue weighted by molar-refractivity contribution is 5.90. The van der Waals surface area contributed by atoms with Gasteiger partial charge in [-0.3, -0.25) is 0 Å². The van der Waals surface area contributed by atoms with Gasteiger partial charge in [0.15, 0.2) is 0 Å². The third-order valence-corrected chi connectivity index (χ3v) is 2.67. The van der Waals surface area contributed by atoms with Crippen molar-refractivity contribution < 1.29 is 19.4 Å². The fourth-order valence-corrected chi connectivity index (χ4v) is 1.66. The highest BCUT2D eigenvalue weighted by Gasteiger charge is 2.13. The summed E-state index contributed by atoms with van der Waals surface area (Å²) in [6, 6.07) is 3.72. The Morgan fingerprint density at radius 3 is 2.63 bits per heavy atom. The van der Waals surface area contributed by atoms with Crippen molar-refractivity contribution in [2.75, 3.05) is 31.6 Å². The van der Waals surface area contributed by atoms with Gasteiger partial charge >= 0.3 is 6.03 Å². The lowest BCUT2D eigenvalue weighted by molar-refractivity contribution is 0.180. The summed E-state index contributed by atoms with van der Waals surface area (Å²) < 4.78 is 12.9. The molecule has 0 aromatic heterocycles. The minimum absolute atomic E-state index is 0.0230. The zero-order chi connectivity index (χ0) is 14.3. The van der Waals surface area contributed by atoms with Crippen molar-refractivity contribution in [2.24, 2.45) is 0 Å². The largest absolute Gasteiger partial charge is 0.396 e. The summed E-state index contributed by atoms with van der Waals surface area (Å²) in [4.78, 5) is 13.4. The molecule has 0 fully saturated rings. The average molecular weight is 270 g/mol. The standard InChI is InChI=1S/C13H19FN2O3/c1-10-9-11(14)3-4-12(10)15-13(19)16(6-8-18)5-2-7-17/h3-4,9,17-18H,2,5-8H2,1H3,(H,15,19). The number of halogens is 1. The van der Waals surface area contributed by atoms with Crippen LogP contribution in [0.3, 0.4) is 0 Å². The Morgan fingerprint density at radius 1 is 1.32 bits per heavy atom. The first kappa shape index (κ1) is 15.4. The van der Waals surface area contributed by atoms with Gasteiger partial charge in [-0.25, -0.2) is 9.18 Å². The van der Waals surface area contributed by atoms with Gasteiger partial charge in [-0.1, -0.05) is 0 Å². The van der Waals surface area contributed by atoms with Crippen molar-refractivity contribution >= 4 is 11.7 Å². The number of amides is 2. The van der Waals surface area contributed by atoms with E-state index in [0.717, 1.165) is 0 Å². The van der Waals surface area contributed by atoms with Gasteiger partial charge in [0.1, 0.15) is 5.82 Å². The molecule has 6 heteroatoms. The summed E-state index contributed by atoms with van der Waals surface area (Å²) in [6.07, 6.45) is 0.440. The number of rotatable bonds is 6. The summed E-state index contributed by atoms with van der Waals surface area (Å²) >= 11 is 0. The van der Waals surface area contributed by atoms with E-state index in [0.29, 0.717) is 24.2 Å². The summed E-state index contributed by atoms with van der Waals surface area (Å²) in [6.45, 7) is 2.06. The van der Waals surface area contributed by atoms with E-state index in [4.69, 9.17) is 10.2 Å². The maximum atomic E-state index is 12.9. The lowest BCUT2D eigenvalue weighted by atomic mass is 10.2. The van der Waals surface area contributed by atoms with Crippen molar-refractivity contribution in [1.82, 2.24) is 4.90 Å². The van der Waals surface area contributed by atoms with E-state index in [2.05, 4.69) is 5.32 Å². The van der Waals surface area contributed by atoms with Crippen LogP contribution in [0, 0.1) is 12.7 Å². The first-order valence-electron chi connectivity index (χ1n) is 6.12. The molecule has 1 rings (SSSR count). The molecule has 3 N–H and O–H groups in total. The number of nitrogens with one attached hydrogen (secondary N) is 1. The second-order valence-electron chi connectivity index (χ2n) is 4.18. The topological polar surface area (TPSA) is 72.8 Å². The number of aliphatic hydroxyl groups is 2. The highest BCUT2D eigenvalue weighted by atomic mass is 19.1. The van der Waals surface area contributed by atoms with Crippen LogP contribution < -0.4 is 5.32 Å². The first-order valence-corrected chi connectivity index (χ1v) is 6.12. The Morgan fingerprint density at radius 2 is 2.05 bits per heavy atom. The molecule has 106 valence electrons. The van der Waals surface area contributed by atoms with Crippen molar-refractivity contribution in [2.45, 2.75) is 13.3 Å². The number of aryl methyl sites for hydroxylation is 1. The number of benzene rings is 1. The number of aliphatic hydroxyl groups excluding tert-OH is 2. The molecule has 5 nitrogen and oxygen atoms in total. The molecular formula is C13H19FN2O3. The number of anilines is 1. The minimum atomic E-state index is -0.378. The van der Waals surface area contributed by atoms with Crippen molar-refractivity contribution in [3.05, 3.63) is 29.6 Å². The molecule has 0 saturated carbocycles. The second-order valence-corrected chi connectivity index (χ2v) is 4.18. The van der Waals surface area contributed by atoms with E-state index < -0.39 is 0 Å². The smallest absolute Gasteiger partial charge is 0.321 e. The van der Waals surface area contributed by atoms with E-state index in [1.54, 1.807) is 6.92 Å². The van der Waals surface area contributed by atoms with Crippen molar-refractivity contribution in [3.8, 4) is 0 Å². The van der Waals surface area contributed by atoms with Gasteiger partial charge in [0.05, 0.1) is 6.61 Å². The van der Waals surface area contributed by atoms with Gasteiger partial charge in [0, 0.05) is 25.4 Å². The summed E-state index contributed by atoms with van der Waals surface area (Å²) in [7, 11) is 0. The molecular weight excluding hydrogens is 251 g/mol. The monoisotopic (exact) mass is 270 g/mol. The molecule has 0 heterocycles. The number of carbonyl (C=O) groups excluding carboxylic acids is 1. The fraction of sp³-hybridized carbons (Fsp3) is 0.462. The van der Waals surface area contributed by atoms with Crippen LogP contribution in [-0.4, -0.2) is 47.4 Å². The predicted octanol–water partition coefficient (Wildman–Crippen LogP) is 1.34. The first-order chi connectivity index (χ1) is 9.08. The Labute approximate surface area is 111 Å². The summed E-state index contributed by atoms with van der Waals surface area (Å²) in [5.41, 5.74) is 1.15. The van der Waals surface area contributed by atoms with Crippen LogP contribution in [0.4, 0.5) is 14.9 Å². The highest BCUT2D eigenvalue weighted by Crippen LogP contribution is 2.16. The Hall–Kier alpha value is -1.66. The normalized spacial score (nSPS) is 10.3. The summed E-state index contributed by atoms with van der Waals surface area (Å²) in [5, 5.41) is 20.3. The van der Waals surface area contributed by atoms with Crippen molar-refractivity contribution in [1.29, 1.82) is 0 Å². The fourth-order valence-electron chi connectivity index (χ4n) is 1.66. The van der Waals surface area contributed by atoms with E-state index in [1.165, 1.54) is 23.1 Å². The SMILES string of the molecule is Cc1cc(F)ccc1NC(=O)N(CCO)CCCO. The van der Waals surface area contributed by atoms with E-state index in [9.17, 15) is 9.18 Å². The van der Waals surface area contributed by atoms with Gasteiger partial charge in [-0.05, 0) is 37.1 Å². The lowest BCUT2D eigenvalue weighted by Gasteiger charge is -2.22. The molecule has 0 aliphatic carbocycles. The predicted molar refractivity (Wildman–Crippen MR) is 70.5 cm³/mol. The maximum Gasteiger partial charge on any atom is 0.321 e. The van der Waals surface area contributed by atoms with Gasteiger partial charge < -0.3 is 20.4 Å². The van der Waals surface area contributed by atoms with Crippen LogP contribution >= 0.6 is 0 Å². The third-order valence-electron chi connectivity index (χ3n) is 2.67. The molecule has 2 amide bonds. The van der Waals surface area contributed by atoms with Crippen LogP contribution in [-0.2, 0) is 0 Å². The van der Waals surface area contributed by atoms with Crippen LogP contribution in [0.2, 0.25) is 0 Å². The summed E-state index contributed by atoms with van der Waals surface area (Å²) in [5.74, 6) is -0.358. The molecule has 1 aromatic carbocycles. The van der Waals surface area contributed by atoms with E-state index in [1.807, 2.05) is 0 Å². The zero-order valence-corrected chi connectivity index (χ0v) is 10.9. The Bertz CT molecular complexity index is 426. The Kier molecular flexibility index (Phi) is 6.24. The zero-order valence-electron chi connectivity index (χ0n) is 10.9. The lowest BCUT2D eigenvalue weighted by Crippen LogP contribution is -2.38. The van der Waals surface area contributed by atoms with Gasteiger partial charge in [-0.2, -0.15) is 0 Å². The van der Waals surface area contributed by atoms with Crippen LogP contribution in [0.25, 0.3) is 0 Å². The van der Waals surface area contributed by atoms with E-state index in [-0.39, 0.29) is 31.6 Å². The van der Waals surface area contributed by atoms with Crippen LogP contribution in [0.15, 0.2) is 18.2 Å². The van der Waals surface area contributed by atoms with Crippen LogP contribution in [0.1, 0.15) is 12.0 Å². The molecule has 0 aliphatic rings. The Balaban J connectivity index is 2.69. The molecule has 0 saturated heterocycles.